The first-order chi connectivity index (χ1) is 12.1. The molecule has 2 aromatic rings. The van der Waals surface area contributed by atoms with Gasteiger partial charge in [0.05, 0.1) is 21.3 Å². The first kappa shape index (κ1) is 19.0. The number of hydrogen-bond acceptors (Lipinski definition) is 4. The maximum absolute atomic E-state index is 6.11. The Morgan fingerprint density at radius 2 is 1.32 bits per heavy atom. The Kier molecular flexibility index (Phi) is 6.99. The largest absolute Gasteiger partial charge is 0.493 e. The van der Waals surface area contributed by atoms with Crippen molar-refractivity contribution < 1.29 is 18.9 Å². The van der Waals surface area contributed by atoms with Crippen molar-refractivity contribution in [3.63, 3.8) is 0 Å². The summed E-state index contributed by atoms with van der Waals surface area (Å²) < 4.78 is 22.2. The van der Waals surface area contributed by atoms with Crippen LogP contribution in [0.2, 0.25) is 0 Å². The highest BCUT2D eigenvalue weighted by molar-refractivity contribution is 5.44. The van der Waals surface area contributed by atoms with E-state index in [0.717, 1.165) is 47.8 Å². The normalized spacial score (nSPS) is 11.7. The Balaban J connectivity index is 2.08. The van der Waals surface area contributed by atoms with Gasteiger partial charge >= 0.3 is 0 Å². The van der Waals surface area contributed by atoms with Crippen LogP contribution in [-0.4, -0.2) is 27.4 Å². The van der Waals surface area contributed by atoms with Crippen LogP contribution in [0.4, 0.5) is 0 Å². The van der Waals surface area contributed by atoms with E-state index >= 15 is 0 Å². The van der Waals surface area contributed by atoms with Crippen molar-refractivity contribution in [3.05, 3.63) is 47.5 Å². The fourth-order valence-electron chi connectivity index (χ4n) is 2.85. The molecule has 0 radical (unpaired) electrons. The topological polar surface area (TPSA) is 36.9 Å². The quantitative estimate of drug-likeness (QED) is 0.662. The summed E-state index contributed by atoms with van der Waals surface area (Å²) in [7, 11) is 4.96. The average molecular weight is 344 g/mol. The highest BCUT2D eigenvalue weighted by atomic mass is 16.5. The zero-order valence-electron chi connectivity index (χ0n) is 15.8. The summed E-state index contributed by atoms with van der Waals surface area (Å²) in [6, 6.07) is 12.1. The molecular weight excluding hydrogens is 316 g/mol. The van der Waals surface area contributed by atoms with Crippen molar-refractivity contribution in [1.29, 1.82) is 0 Å². The molecule has 0 aliphatic rings. The van der Waals surface area contributed by atoms with Crippen LogP contribution < -0.4 is 18.9 Å². The van der Waals surface area contributed by atoms with E-state index in [-0.39, 0.29) is 6.10 Å². The molecule has 0 aromatic heterocycles. The zero-order chi connectivity index (χ0) is 18.2. The van der Waals surface area contributed by atoms with Gasteiger partial charge in [0, 0.05) is 6.42 Å². The van der Waals surface area contributed by atoms with Crippen LogP contribution in [0, 0.1) is 0 Å². The van der Waals surface area contributed by atoms with Gasteiger partial charge in [-0.1, -0.05) is 25.5 Å². The maximum atomic E-state index is 6.11. The number of ether oxygens (including phenoxy) is 4. The number of benzene rings is 2. The van der Waals surface area contributed by atoms with Gasteiger partial charge in [-0.3, -0.25) is 0 Å². The minimum absolute atomic E-state index is 0.00373. The second-order valence-electron chi connectivity index (χ2n) is 6.06. The highest BCUT2D eigenvalue weighted by Crippen LogP contribution is 2.31. The van der Waals surface area contributed by atoms with Gasteiger partial charge in [0.15, 0.2) is 23.0 Å². The minimum Gasteiger partial charge on any atom is -0.493 e. The molecular formula is C21H28O4. The smallest absolute Gasteiger partial charge is 0.161 e. The molecule has 0 saturated heterocycles. The Morgan fingerprint density at radius 1 is 0.760 bits per heavy atom. The molecule has 0 spiro atoms. The van der Waals surface area contributed by atoms with E-state index in [9.17, 15) is 0 Å². The van der Waals surface area contributed by atoms with Crippen LogP contribution in [0.3, 0.4) is 0 Å². The molecule has 0 aliphatic carbocycles. The third-order valence-electron chi connectivity index (χ3n) is 4.07. The van der Waals surface area contributed by atoms with Crippen molar-refractivity contribution in [3.8, 4) is 23.0 Å². The lowest BCUT2D eigenvalue weighted by molar-refractivity contribution is 0.211. The predicted octanol–water partition coefficient (Wildman–Crippen LogP) is 4.67. The summed E-state index contributed by atoms with van der Waals surface area (Å²) in [6.45, 7) is 4.22. The molecule has 0 fully saturated rings. The molecule has 0 aliphatic heterocycles. The first-order valence-corrected chi connectivity index (χ1v) is 8.65. The number of aryl methyl sites for hydroxylation is 1. The van der Waals surface area contributed by atoms with E-state index in [1.807, 2.05) is 24.3 Å². The van der Waals surface area contributed by atoms with Crippen LogP contribution in [0.15, 0.2) is 36.4 Å². The second-order valence-corrected chi connectivity index (χ2v) is 6.06. The molecule has 0 saturated carbocycles. The summed E-state index contributed by atoms with van der Waals surface area (Å²) in [5.41, 5.74) is 2.39. The monoisotopic (exact) mass is 344 g/mol. The molecule has 136 valence electrons. The van der Waals surface area contributed by atoms with Crippen molar-refractivity contribution in [1.82, 2.24) is 0 Å². The zero-order valence-corrected chi connectivity index (χ0v) is 15.8. The Bertz CT molecular complexity index is 682. The summed E-state index contributed by atoms with van der Waals surface area (Å²) in [5.74, 6) is 3.02. The summed E-state index contributed by atoms with van der Waals surface area (Å²) in [5, 5.41) is 0. The van der Waals surface area contributed by atoms with Crippen LogP contribution in [-0.2, 0) is 12.8 Å². The van der Waals surface area contributed by atoms with Crippen molar-refractivity contribution >= 4 is 0 Å². The van der Waals surface area contributed by atoms with Crippen molar-refractivity contribution in [2.24, 2.45) is 0 Å². The molecule has 1 atom stereocenters. The van der Waals surface area contributed by atoms with Gasteiger partial charge in [0.2, 0.25) is 0 Å². The molecule has 0 amide bonds. The lowest BCUT2D eigenvalue weighted by Crippen LogP contribution is -2.15. The molecule has 0 bridgehead atoms. The standard InChI is InChI=1S/C21H28O4/c1-6-7-16-8-11-19(21(13-16)24-5)25-15(2)12-17-9-10-18(22-3)20(14-17)23-4/h8-11,13-15H,6-7,12H2,1-5H3. The fourth-order valence-corrected chi connectivity index (χ4v) is 2.85. The predicted molar refractivity (Wildman–Crippen MR) is 100 cm³/mol. The van der Waals surface area contributed by atoms with E-state index in [1.165, 1.54) is 5.56 Å². The fraction of sp³-hybridized carbons (Fsp3) is 0.429. The van der Waals surface area contributed by atoms with Gasteiger partial charge in [-0.05, 0) is 48.7 Å². The van der Waals surface area contributed by atoms with Gasteiger partial charge in [-0.25, -0.2) is 0 Å². The van der Waals surface area contributed by atoms with E-state index in [4.69, 9.17) is 18.9 Å². The Hall–Kier alpha value is -2.36. The van der Waals surface area contributed by atoms with Gasteiger partial charge < -0.3 is 18.9 Å². The van der Waals surface area contributed by atoms with Crippen LogP contribution in [0.1, 0.15) is 31.4 Å². The van der Waals surface area contributed by atoms with Gasteiger partial charge in [0.25, 0.3) is 0 Å². The van der Waals surface area contributed by atoms with Crippen LogP contribution in [0.5, 0.6) is 23.0 Å². The SMILES string of the molecule is CCCc1ccc(OC(C)Cc2ccc(OC)c(OC)c2)c(OC)c1. The van der Waals surface area contributed by atoms with Crippen LogP contribution in [0.25, 0.3) is 0 Å². The van der Waals surface area contributed by atoms with Gasteiger partial charge in [-0.15, -0.1) is 0 Å². The van der Waals surface area contributed by atoms with Crippen molar-refractivity contribution in [2.45, 2.75) is 39.2 Å². The van der Waals surface area contributed by atoms with Gasteiger partial charge in [-0.2, -0.15) is 0 Å². The van der Waals surface area contributed by atoms with E-state index in [1.54, 1.807) is 21.3 Å². The van der Waals surface area contributed by atoms with Crippen LogP contribution >= 0.6 is 0 Å². The lowest BCUT2D eigenvalue weighted by atomic mass is 10.1. The number of rotatable bonds is 9. The summed E-state index contributed by atoms with van der Waals surface area (Å²) in [4.78, 5) is 0. The summed E-state index contributed by atoms with van der Waals surface area (Å²) >= 11 is 0. The molecule has 1 unspecified atom stereocenters. The third-order valence-corrected chi connectivity index (χ3v) is 4.07. The molecule has 25 heavy (non-hydrogen) atoms. The molecule has 0 N–H and O–H groups in total. The second kappa shape index (κ2) is 9.21. The lowest BCUT2D eigenvalue weighted by Gasteiger charge is -2.18. The molecule has 2 aromatic carbocycles. The van der Waals surface area contributed by atoms with E-state index in [0.29, 0.717) is 0 Å². The molecule has 0 heterocycles. The molecule has 4 heteroatoms. The number of methoxy groups -OCH3 is 3. The van der Waals surface area contributed by atoms with E-state index < -0.39 is 0 Å². The van der Waals surface area contributed by atoms with Crippen molar-refractivity contribution in [2.75, 3.05) is 21.3 Å². The summed E-state index contributed by atoms with van der Waals surface area (Å²) in [6.07, 6.45) is 2.92. The Labute approximate surface area is 150 Å². The minimum atomic E-state index is 0.00373. The van der Waals surface area contributed by atoms with E-state index in [2.05, 4.69) is 26.0 Å². The maximum Gasteiger partial charge on any atom is 0.161 e. The highest BCUT2D eigenvalue weighted by Gasteiger charge is 2.12. The average Bonchev–Trinajstić information content (AvgIpc) is 2.63. The Morgan fingerprint density at radius 3 is 1.96 bits per heavy atom. The molecule has 2 rings (SSSR count). The molecule has 4 nitrogen and oxygen atoms in total. The third kappa shape index (κ3) is 5.05. The first-order valence-electron chi connectivity index (χ1n) is 8.65. The van der Waals surface area contributed by atoms with Gasteiger partial charge in [0.1, 0.15) is 6.10 Å². The number of hydrogen-bond donors (Lipinski definition) is 0.